The van der Waals surface area contributed by atoms with Crippen LogP contribution < -0.4 is 11.1 Å². The molecule has 96 valence electrons. The highest BCUT2D eigenvalue weighted by Gasteiger charge is 2.09. The van der Waals surface area contributed by atoms with E-state index in [1.165, 1.54) is 0 Å². The number of aromatic nitrogens is 1. The molecule has 0 spiro atoms. The lowest BCUT2D eigenvalue weighted by Crippen LogP contribution is -2.24. The molecule has 0 saturated carbocycles. The minimum atomic E-state index is 0.270. The molecule has 0 saturated heterocycles. The molecule has 2 rings (SSSR count). The van der Waals surface area contributed by atoms with Gasteiger partial charge in [0.25, 0.3) is 0 Å². The highest BCUT2D eigenvalue weighted by molar-refractivity contribution is 5.96. The van der Waals surface area contributed by atoms with E-state index in [-0.39, 0.29) is 6.04 Å². The van der Waals surface area contributed by atoms with Crippen molar-refractivity contribution in [2.45, 2.75) is 19.4 Å². The van der Waals surface area contributed by atoms with Crippen LogP contribution in [0.2, 0.25) is 0 Å². The van der Waals surface area contributed by atoms with Gasteiger partial charge in [0.2, 0.25) is 0 Å². The van der Waals surface area contributed by atoms with Crippen LogP contribution in [-0.4, -0.2) is 24.7 Å². The molecule has 1 aromatic heterocycles. The molecule has 0 aliphatic rings. The third kappa shape index (κ3) is 2.54. The number of ether oxygens (including phenoxy) is 1. The molecule has 1 atom stereocenters. The number of methoxy groups -OCH3 is 1. The summed E-state index contributed by atoms with van der Waals surface area (Å²) in [7, 11) is 1.71. The van der Waals surface area contributed by atoms with Crippen molar-refractivity contribution in [2.24, 2.45) is 0 Å². The molecule has 0 amide bonds. The van der Waals surface area contributed by atoms with Crippen molar-refractivity contribution in [1.29, 1.82) is 0 Å². The van der Waals surface area contributed by atoms with Gasteiger partial charge in [-0.25, -0.2) is 0 Å². The predicted octanol–water partition coefficient (Wildman–Crippen LogP) is 2.65. The van der Waals surface area contributed by atoms with E-state index in [1.54, 1.807) is 13.3 Å². The van der Waals surface area contributed by atoms with Crippen molar-refractivity contribution < 1.29 is 4.74 Å². The van der Waals surface area contributed by atoms with E-state index in [2.05, 4.69) is 17.2 Å². The van der Waals surface area contributed by atoms with E-state index < -0.39 is 0 Å². The topological polar surface area (TPSA) is 60.2 Å². The largest absolute Gasteiger partial charge is 0.397 e. The Labute approximate surface area is 107 Å². The summed E-state index contributed by atoms with van der Waals surface area (Å²) in [5.41, 5.74) is 8.78. The van der Waals surface area contributed by atoms with Crippen molar-refractivity contribution in [3.63, 3.8) is 0 Å². The second-order valence-electron chi connectivity index (χ2n) is 4.30. The number of anilines is 2. The SMILES string of the molecule is CCC(COC)Nc1ccc2ncccc2c1N. The number of hydrogen-bond donors (Lipinski definition) is 2. The van der Waals surface area contributed by atoms with E-state index in [1.807, 2.05) is 24.3 Å². The van der Waals surface area contributed by atoms with Gasteiger partial charge >= 0.3 is 0 Å². The fourth-order valence-electron chi connectivity index (χ4n) is 1.98. The highest BCUT2D eigenvalue weighted by Crippen LogP contribution is 2.28. The first-order valence-corrected chi connectivity index (χ1v) is 6.15. The smallest absolute Gasteiger partial charge is 0.0724 e. The fourth-order valence-corrected chi connectivity index (χ4v) is 1.98. The maximum absolute atomic E-state index is 6.17. The summed E-state index contributed by atoms with van der Waals surface area (Å²) < 4.78 is 5.18. The molecule has 4 heteroatoms. The minimum Gasteiger partial charge on any atom is -0.397 e. The Morgan fingerprint density at radius 2 is 2.22 bits per heavy atom. The average molecular weight is 245 g/mol. The number of nitrogens with zero attached hydrogens (tertiary/aromatic N) is 1. The number of pyridine rings is 1. The number of rotatable bonds is 5. The van der Waals surface area contributed by atoms with Crippen LogP contribution in [0.1, 0.15) is 13.3 Å². The first-order valence-electron chi connectivity index (χ1n) is 6.15. The van der Waals surface area contributed by atoms with Crippen molar-refractivity contribution >= 4 is 22.3 Å². The molecular weight excluding hydrogens is 226 g/mol. The minimum absolute atomic E-state index is 0.270. The van der Waals surface area contributed by atoms with E-state index in [0.29, 0.717) is 6.61 Å². The van der Waals surface area contributed by atoms with Gasteiger partial charge in [-0.3, -0.25) is 4.98 Å². The Hall–Kier alpha value is -1.81. The van der Waals surface area contributed by atoms with Crippen LogP contribution in [0.4, 0.5) is 11.4 Å². The lowest BCUT2D eigenvalue weighted by Gasteiger charge is -2.19. The average Bonchev–Trinajstić information content (AvgIpc) is 2.41. The van der Waals surface area contributed by atoms with Crippen LogP contribution in [-0.2, 0) is 4.74 Å². The first kappa shape index (κ1) is 12.6. The molecule has 3 N–H and O–H groups in total. The van der Waals surface area contributed by atoms with Crippen molar-refractivity contribution in [3.05, 3.63) is 30.5 Å². The van der Waals surface area contributed by atoms with Gasteiger partial charge < -0.3 is 15.8 Å². The van der Waals surface area contributed by atoms with Gasteiger partial charge in [0.15, 0.2) is 0 Å². The molecule has 0 aliphatic heterocycles. The lowest BCUT2D eigenvalue weighted by atomic mass is 10.1. The van der Waals surface area contributed by atoms with Gasteiger partial charge in [-0.2, -0.15) is 0 Å². The summed E-state index contributed by atoms with van der Waals surface area (Å²) in [5, 5.41) is 4.39. The quantitative estimate of drug-likeness (QED) is 0.795. The summed E-state index contributed by atoms with van der Waals surface area (Å²) in [4.78, 5) is 4.29. The summed E-state index contributed by atoms with van der Waals surface area (Å²) in [6.45, 7) is 2.79. The molecule has 4 nitrogen and oxygen atoms in total. The monoisotopic (exact) mass is 245 g/mol. The zero-order chi connectivity index (χ0) is 13.0. The second kappa shape index (κ2) is 5.69. The van der Waals surface area contributed by atoms with Crippen molar-refractivity contribution in [1.82, 2.24) is 4.98 Å². The molecule has 18 heavy (non-hydrogen) atoms. The van der Waals surface area contributed by atoms with Crippen LogP contribution in [0.15, 0.2) is 30.5 Å². The van der Waals surface area contributed by atoms with E-state index in [0.717, 1.165) is 28.7 Å². The third-order valence-electron chi connectivity index (χ3n) is 3.05. The number of benzene rings is 1. The maximum Gasteiger partial charge on any atom is 0.0724 e. The standard InChI is InChI=1S/C14H19N3O/c1-3-10(9-18-2)17-13-7-6-12-11(14(13)15)5-4-8-16-12/h4-8,10,17H,3,9,15H2,1-2H3. The molecule has 0 radical (unpaired) electrons. The van der Waals surface area contributed by atoms with Gasteiger partial charge in [-0.15, -0.1) is 0 Å². The van der Waals surface area contributed by atoms with Crippen molar-refractivity contribution in [3.8, 4) is 0 Å². The van der Waals surface area contributed by atoms with Crippen LogP contribution in [0.5, 0.6) is 0 Å². The van der Waals surface area contributed by atoms with Gasteiger partial charge in [0, 0.05) is 24.7 Å². The number of hydrogen-bond acceptors (Lipinski definition) is 4. The number of nitrogens with two attached hydrogens (primary N) is 1. The number of nitrogen functional groups attached to an aromatic ring is 1. The second-order valence-corrected chi connectivity index (χ2v) is 4.30. The van der Waals surface area contributed by atoms with Gasteiger partial charge in [0.1, 0.15) is 0 Å². The van der Waals surface area contributed by atoms with Gasteiger partial charge in [0.05, 0.1) is 23.5 Å². The zero-order valence-electron chi connectivity index (χ0n) is 10.8. The van der Waals surface area contributed by atoms with Gasteiger partial charge in [-0.05, 0) is 30.7 Å². The molecule has 0 aliphatic carbocycles. The van der Waals surface area contributed by atoms with Crippen LogP contribution >= 0.6 is 0 Å². The van der Waals surface area contributed by atoms with Gasteiger partial charge in [-0.1, -0.05) is 6.92 Å². The molecular formula is C14H19N3O. The summed E-state index contributed by atoms with van der Waals surface area (Å²) in [6, 6.07) is 8.11. The van der Waals surface area contributed by atoms with E-state index in [9.17, 15) is 0 Å². The Bertz CT molecular complexity index is 527. The Kier molecular flexibility index (Phi) is 3.99. The highest BCUT2D eigenvalue weighted by atomic mass is 16.5. The molecule has 1 heterocycles. The van der Waals surface area contributed by atoms with Crippen LogP contribution in [0, 0.1) is 0 Å². The molecule has 0 fully saturated rings. The van der Waals surface area contributed by atoms with Crippen LogP contribution in [0.25, 0.3) is 10.9 Å². The maximum atomic E-state index is 6.17. The summed E-state index contributed by atoms with van der Waals surface area (Å²) in [6.07, 6.45) is 2.76. The summed E-state index contributed by atoms with van der Waals surface area (Å²) in [5.74, 6) is 0. The predicted molar refractivity (Wildman–Crippen MR) is 75.7 cm³/mol. The third-order valence-corrected chi connectivity index (χ3v) is 3.05. The first-order chi connectivity index (χ1) is 8.76. The number of fused-ring (bicyclic) bond motifs is 1. The van der Waals surface area contributed by atoms with Crippen molar-refractivity contribution in [2.75, 3.05) is 24.8 Å². The fraction of sp³-hybridized carbons (Fsp3) is 0.357. The number of nitrogens with one attached hydrogen (secondary N) is 1. The zero-order valence-corrected chi connectivity index (χ0v) is 10.8. The lowest BCUT2D eigenvalue weighted by molar-refractivity contribution is 0.184. The Balaban J connectivity index is 2.31. The molecule has 2 aromatic rings. The Morgan fingerprint density at radius 1 is 1.39 bits per heavy atom. The summed E-state index contributed by atoms with van der Waals surface area (Å²) >= 11 is 0. The normalized spacial score (nSPS) is 12.6. The van der Waals surface area contributed by atoms with E-state index >= 15 is 0 Å². The van der Waals surface area contributed by atoms with E-state index in [4.69, 9.17) is 10.5 Å². The molecule has 0 bridgehead atoms. The Morgan fingerprint density at radius 3 is 2.94 bits per heavy atom. The molecule has 1 aromatic carbocycles. The molecule has 1 unspecified atom stereocenters. The van der Waals surface area contributed by atoms with Crippen LogP contribution in [0.3, 0.4) is 0 Å².